The van der Waals surface area contributed by atoms with Crippen molar-refractivity contribution < 1.29 is 17.6 Å². The van der Waals surface area contributed by atoms with E-state index in [1.165, 1.54) is 23.9 Å². The van der Waals surface area contributed by atoms with E-state index in [0.29, 0.717) is 34.9 Å². The highest BCUT2D eigenvalue weighted by Crippen LogP contribution is 2.18. The van der Waals surface area contributed by atoms with E-state index < -0.39 is 10.0 Å². The highest BCUT2D eigenvalue weighted by Gasteiger charge is 2.10. The smallest absolute Gasteiger partial charge is 0.251 e. The van der Waals surface area contributed by atoms with E-state index in [-0.39, 0.29) is 11.7 Å². The number of thioether (sulfide) groups is 1. The molecule has 26 heavy (non-hydrogen) atoms. The summed E-state index contributed by atoms with van der Waals surface area (Å²) in [5, 5.41) is 2.78. The molecule has 140 valence electrons. The Bertz CT molecular complexity index is 886. The van der Waals surface area contributed by atoms with Crippen LogP contribution < -0.4 is 10.0 Å². The first-order valence-corrected chi connectivity index (χ1v) is 11.0. The van der Waals surface area contributed by atoms with E-state index in [4.69, 9.17) is 0 Å². The van der Waals surface area contributed by atoms with Crippen molar-refractivity contribution in [3.63, 3.8) is 0 Å². The number of benzene rings is 2. The maximum atomic E-state index is 13.5. The summed E-state index contributed by atoms with van der Waals surface area (Å²) in [5.41, 5.74) is 2.13. The Morgan fingerprint density at radius 1 is 1.19 bits per heavy atom. The van der Waals surface area contributed by atoms with Crippen molar-refractivity contribution >= 4 is 33.4 Å². The predicted molar refractivity (Wildman–Crippen MR) is 105 cm³/mol. The second-order valence-electron chi connectivity index (χ2n) is 5.80. The van der Waals surface area contributed by atoms with Crippen molar-refractivity contribution in [1.29, 1.82) is 0 Å². The topological polar surface area (TPSA) is 75.3 Å². The third kappa shape index (κ3) is 6.34. The van der Waals surface area contributed by atoms with E-state index >= 15 is 0 Å². The molecule has 2 aromatic rings. The molecule has 0 atom stereocenters. The van der Waals surface area contributed by atoms with Crippen molar-refractivity contribution in [3.05, 3.63) is 65.0 Å². The van der Waals surface area contributed by atoms with Crippen LogP contribution in [0.15, 0.2) is 42.5 Å². The Morgan fingerprint density at radius 3 is 2.62 bits per heavy atom. The lowest BCUT2D eigenvalue weighted by Gasteiger charge is -2.10. The van der Waals surface area contributed by atoms with E-state index in [9.17, 15) is 17.6 Å². The zero-order chi connectivity index (χ0) is 19.2. The number of amides is 1. The van der Waals surface area contributed by atoms with Gasteiger partial charge in [0.1, 0.15) is 5.82 Å². The molecule has 0 bridgehead atoms. The number of carbonyl (C=O) groups is 1. The molecular weight excluding hydrogens is 375 g/mol. The molecule has 0 spiro atoms. The van der Waals surface area contributed by atoms with Gasteiger partial charge in [0, 0.05) is 23.6 Å². The summed E-state index contributed by atoms with van der Waals surface area (Å²) in [6, 6.07) is 11.5. The Balaban J connectivity index is 1.84. The molecule has 0 fully saturated rings. The van der Waals surface area contributed by atoms with Gasteiger partial charge in [-0.05, 0) is 36.2 Å². The van der Waals surface area contributed by atoms with Gasteiger partial charge in [-0.2, -0.15) is 11.8 Å². The van der Waals surface area contributed by atoms with Crippen molar-refractivity contribution in [2.24, 2.45) is 0 Å². The molecule has 2 aromatic carbocycles. The van der Waals surface area contributed by atoms with Gasteiger partial charge in [0.05, 0.1) is 11.9 Å². The molecule has 1 amide bonds. The minimum Gasteiger partial charge on any atom is -0.351 e. The Morgan fingerprint density at radius 2 is 1.92 bits per heavy atom. The molecule has 0 unspecified atom stereocenters. The van der Waals surface area contributed by atoms with Gasteiger partial charge in [-0.15, -0.1) is 0 Å². The summed E-state index contributed by atoms with van der Waals surface area (Å²) in [7, 11) is -3.41. The van der Waals surface area contributed by atoms with Crippen LogP contribution in [0.1, 0.15) is 21.5 Å². The van der Waals surface area contributed by atoms with Crippen LogP contribution in [0.5, 0.6) is 0 Å². The zero-order valence-electron chi connectivity index (χ0n) is 14.6. The molecule has 0 aromatic heterocycles. The number of aryl methyl sites for hydroxylation is 1. The van der Waals surface area contributed by atoms with E-state index in [1.807, 2.05) is 0 Å². The van der Waals surface area contributed by atoms with E-state index in [2.05, 4.69) is 10.0 Å². The molecule has 5 nitrogen and oxygen atoms in total. The van der Waals surface area contributed by atoms with Crippen LogP contribution >= 0.6 is 11.8 Å². The maximum Gasteiger partial charge on any atom is 0.251 e. The summed E-state index contributed by atoms with van der Waals surface area (Å²) >= 11 is 1.52. The third-order valence-corrected chi connectivity index (χ3v) is 5.14. The number of carbonyl (C=O) groups excluding carboxylic acids is 1. The second-order valence-corrected chi connectivity index (χ2v) is 8.66. The van der Waals surface area contributed by atoms with Crippen molar-refractivity contribution in [2.45, 2.75) is 12.7 Å². The lowest BCUT2D eigenvalue weighted by molar-refractivity contribution is 0.0956. The van der Waals surface area contributed by atoms with Gasteiger partial charge in [-0.3, -0.25) is 9.52 Å². The van der Waals surface area contributed by atoms with Crippen LogP contribution in [0.3, 0.4) is 0 Å². The number of rotatable bonds is 8. The fraction of sp³-hybridized carbons (Fsp3) is 0.278. The molecule has 8 heteroatoms. The minimum absolute atomic E-state index is 0.227. The SMILES string of the molecule is Cc1ccc(C(=O)NCCSCc2ccccc2F)cc1NS(C)(=O)=O. The average molecular weight is 397 g/mol. The normalized spacial score (nSPS) is 11.2. The summed E-state index contributed by atoms with van der Waals surface area (Å²) in [6.07, 6.45) is 1.06. The lowest BCUT2D eigenvalue weighted by Crippen LogP contribution is -2.26. The molecule has 0 aliphatic heterocycles. The van der Waals surface area contributed by atoms with E-state index in [0.717, 1.165) is 11.8 Å². The van der Waals surface area contributed by atoms with Gasteiger partial charge in [0.2, 0.25) is 10.0 Å². The zero-order valence-corrected chi connectivity index (χ0v) is 16.2. The Hall–Kier alpha value is -2.06. The maximum absolute atomic E-state index is 13.5. The first-order valence-electron chi connectivity index (χ1n) is 7.94. The van der Waals surface area contributed by atoms with Crippen molar-refractivity contribution in [2.75, 3.05) is 23.3 Å². The average Bonchev–Trinajstić information content (AvgIpc) is 2.56. The molecule has 2 N–H and O–H groups in total. The molecular formula is C18H21FN2O3S2. The molecule has 0 aliphatic carbocycles. The summed E-state index contributed by atoms with van der Waals surface area (Å²) < 4.78 is 38.7. The van der Waals surface area contributed by atoms with Crippen LogP contribution in [0, 0.1) is 12.7 Å². The second kappa shape index (κ2) is 9.05. The minimum atomic E-state index is -3.41. The van der Waals surface area contributed by atoms with Gasteiger partial charge in [-0.1, -0.05) is 24.3 Å². The molecule has 2 rings (SSSR count). The molecule has 0 heterocycles. The monoisotopic (exact) mass is 396 g/mol. The van der Waals surface area contributed by atoms with Crippen molar-refractivity contribution in [3.8, 4) is 0 Å². The van der Waals surface area contributed by atoms with Gasteiger partial charge in [0.15, 0.2) is 0 Å². The molecule has 0 aliphatic rings. The van der Waals surface area contributed by atoms with Crippen LogP contribution in [-0.4, -0.2) is 32.9 Å². The number of anilines is 1. The highest BCUT2D eigenvalue weighted by molar-refractivity contribution is 7.98. The van der Waals surface area contributed by atoms with Gasteiger partial charge in [0.25, 0.3) is 5.91 Å². The van der Waals surface area contributed by atoms with Crippen LogP contribution in [0.2, 0.25) is 0 Å². The first kappa shape index (κ1) is 20.3. The van der Waals surface area contributed by atoms with E-state index in [1.54, 1.807) is 37.3 Å². The number of sulfonamides is 1. The summed E-state index contributed by atoms with van der Waals surface area (Å²) in [4.78, 5) is 12.2. The fourth-order valence-electron chi connectivity index (χ4n) is 2.21. The lowest BCUT2D eigenvalue weighted by atomic mass is 10.1. The first-order chi connectivity index (χ1) is 12.3. The molecule has 0 saturated carbocycles. The van der Waals surface area contributed by atoms with Crippen LogP contribution in [0.25, 0.3) is 0 Å². The standard InChI is InChI=1S/C18H21FN2O3S2/c1-13-7-8-14(11-17(13)21-26(2,23)24)18(22)20-9-10-25-12-15-5-3-4-6-16(15)19/h3-8,11,21H,9-10,12H2,1-2H3,(H,20,22). The largest absolute Gasteiger partial charge is 0.351 e. The summed E-state index contributed by atoms with van der Waals surface area (Å²) in [5.74, 6) is 0.665. The van der Waals surface area contributed by atoms with Crippen LogP contribution in [0.4, 0.5) is 10.1 Å². The molecule has 0 saturated heterocycles. The summed E-state index contributed by atoms with van der Waals surface area (Å²) in [6.45, 7) is 2.19. The van der Waals surface area contributed by atoms with Gasteiger partial charge in [-0.25, -0.2) is 12.8 Å². The number of hydrogen-bond donors (Lipinski definition) is 2. The number of nitrogens with one attached hydrogen (secondary N) is 2. The van der Waals surface area contributed by atoms with Crippen molar-refractivity contribution in [1.82, 2.24) is 5.32 Å². The fourth-order valence-corrected chi connectivity index (χ4v) is 3.67. The Kier molecular flexibility index (Phi) is 7.05. The van der Waals surface area contributed by atoms with Gasteiger partial charge < -0.3 is 5.32 Å². The quantitative estimate of drug-likeness (QED) is 0.672. The predicted octanol–water partition coefficient (Wildman–Crippen LogP) is 3.17. The van der Waals surface area contributed by atoms with Gasteiger partial charge >= 0.3 is 0 Å². The number of hydrogen-bond acceptors (Lipinski definition) is 4. The highest BCUT2D eigenvalue weighted by atomic mass is 32.2. The van der Waals surface area contributed by atoms with Crippen LogP contribution in [-0.2, 0) is 15.8 Å². The third-order valence-electron chi connectivity index (χ3n) is 3.54. The number of halogens is 1. The Labute approximate surface area is 157 Å². The molecule has 0 radical (unpaired) electrons.